The fourth-order valence-electron chi connectivity index (χ4n) is 2.70. The molecule has 1 aromatic rings. The van der Waals surface area contributed by atoms with Gasteiger partial charge in [0.25, 0.3) is 0 Å². The van der Waals surface area contributed by atoms with E-state index >= 15 is 0 Å². The molecule has 1 aliphatic heterocycles. The first-order chi connectivity index (χ1) is 10.8. The molecule has 0 radical (unpaired) electrons. The molecular formula is C15H20F2N2O3S. The Balaban J connectivity index is 2.12. The number of benzene rings is 1. The van der Waals surface area contributed by atoms with E-state index in [1.54, 1.807) is 0 Å². The van der Waals surface area contributed by atoms with Crippen molar-refractivity contribution in [1.29, 1.82) is 0 Å². The first-order valence-electron chi connectivity index (χ1n) is 7.48. The van der Waals surface area contributed by atoms with E-state index < -0.39 is 33.1 Å². The standard InChI is InChI=1S/C15H20F2N2O3S/c1-2-23(21,22)9-15(20)19-14-8-18-6-5-11(14)10-3-4-12(16)13(17)7-10/h3-4,7,11,14,18H,2,5-6,8-9H2,1H3,(H,19,20). The van der Waals surface area contributed by atoms with E-state index in [0.717, 1.165) is 12.1 Å². The SMILES string of the molecule is CCS(=O)(=O)CC(=O)NC1CNCCC1c1ccc(F)c(F)c1. The predicted molar refractivity (Wildman–Crippen MR) is 82.8 cm³/mol. The van der Waals surface area contributed by atoms with Gasteiger partial charge in [-0.05, 0) is 30.7 Å². The Bertz CT molecular complexity index is 679. The minimum atomic E-state index is -3.41. The normalized spacial score (nSPS) is 21.9. The third-order valence-corrected chi connectivity index (χ3v) is 5.57. The molecule has 1 heterocycles. The molecule has 2 atom stereocenters. The Morgan fingerprint density at radius 1 is 1.35 bits per heavy atom. The number of carbonyl (C=O) groups excluding carboxylic acids is 1. The number of carbonyl (C=O) groups is 1. The van der Waals surface area contributed by atoms with Gasteiger partial charge in [0.1, 0.15) is 5.75 Å². The molecule has 0 aromatic heterocycles. The van der Waals surface area contributed by atoms with Crippen LogP contribution in [0.15, 0.2) is 18.2 Å². The summed E-state index contributed by atoms with van der Waals surface area (Å²) in [6, 6.07) is 3.32. The van der Waals surface area contributed by atoms with Gasteiger partial charge in [-0.15, -0.1) is 0 Å². The van der Waals surface area contributed by atoms with Crippen LogP contribution in [0.4, 0.5) is 8.78 Å². The number of piperidine rings is 1. The third kappa shape index (κ3) is 4.71. The summed E-state index contributed by atoms with van der Waals surface area (Å²) in [5, 5.41) is 5.81. The summed E-state index contributed by atoms with van der Waals surface area (Å²) in [6.45, 7) is 2.61. The van der Waals surface area contributed by atoms with Gasteiger partial charge in [-0.1, -0.05) is 13.0 Å². The zero-order chi connectivity index (χ0) is 17.0. The van der Waals surface area contributed by atoms with Crippen LogP contribution in [0.3, 0.4) is 0 Å². The molecule has 1 aliphatic rings. The second-order valence-electron chi connectivity index (χ2n) is 5.62. The maximum Gasteiger partial charge on any atom is 0.235 e. The van der Waals surface area contributed by atoms with E-state index in [4.69, 9.17) is 0 Å². The minimum Gasteiger partial charge on any atom is -0.351 e. The number of nitrogens with one attached hydrogen (secondary N) is 2. The number of amides is 1. The predicted octanol–water partition coefficient (Wildman–Crippen LogP) is 0.961. The zero-order valence-corrected chi connectivity index (χ0v) is 13.6. The van der Waals surface area contributed by atoms with E-state index in [9.17, 15) is 22.0 Å². The van der Waals surface area contributed by atoms with Gasteiger partial charge in [-0.2, -0.15) is 0 Å². The molecule has 5 nitrogen and oxygen atoms in total. The summed E-state index contributed by atoms with van der Waals surface area (Å²) in [6.07, 6.45) is 0.635. The lowest BCUT2D eigenvalue weighted by molar-refractivity contribution is -0.119. The molecule has 1 fully saturated rings. The van der Waals surface area contributed by atoms with E-state index in [0.29, 0.717) is 25.1 Å². The molecule has 0 aliphatic carbocycles. The molecule has 23 heavy (non-hydrogen) atoms. The molecule has 0 saturated carbocycles. The van der Waals surface area contributed by atoms with Gasteiger partial charge in [0.2, 0.25) is 5.91 Å². The Morgan fingerprint density at radius 2 is 2.09 bits per heavy atom. The van der Waals surface area contributed by atoms with Crippen molar-refractivity contribution in [2.45, 2.75) is 25.3 Å². The summed E-state index contributed by atoms with van der Waals surface area (Å²) >= 11 is 0. The van der Waals surface area contributed by atoms with Crippen molar-refractivity contribution in [2.75, 3.05) is 24.6 Å². The Hall–Kier alpha value is -1.54. The summed E-state index contributed by atoms with van der Waals surface area (Å²) in [5.74, 6) is -3.29. The van der Waals surface area contributed by atoms with Gasteiger partial charge in [-0.3, -0.25) is 4.79 Å². The fourth-order valence-corrected chi connectivity index (χ4v) is 3.39. The van der Waals surface area contributed by atoms with Crippen LogP contribution in [0.2, 0.25) is 0 Å². The molecule has 1 aromatic carbocycles. The highest BCUT2D eigenvalue weighted by Crippen LogP contribution is 2.27. The van der Waals surface area contributed by atoms with Crippen LogP contribution < -0.4 is 10.6 Å². The molecule has 2 rings (SSSR count). The van der Waals surface area contributed by atoms with Crippen molar-refractivity contribution in [2.24, 2.45) is 0 Å². The second kappa shape index (κ2) is 7.35. The number of rotatable bonds is 5. The molecule has 0 spiro atoms. The summed E-state index contributed by atoms with van der Waals surface area (Å²) in [7, 11) is -3.41. The number of sulfone groups is 1. The van der Waals surface area contributed by atoms with Gasteiger partial charge >= 0.3 is 0 Å². The Labute approximate surface area is 134 Å². The average Bonchev–Trinajstić information content (AvgIpc) is 2.50. The second-order valence-corrected chi connectivity index (χ2v) is 7.98. The largest absolute Gasteiger partial charge is 0.351 e. The van der Waals surface area contributed by atoms with E-state index in [-0.39, 0.29) is 17.7 Å². The Kier molecular flexibility index (Phi) is 5.69. The topological polar surface area (TPSA) is 75.3 Å². The summed E-state index contributed by atoms with van der Waals surface area (Å²) in [4.78, 5) is 11.9. The van der Waals surface area contributed by atoms with Crippen molar-refractivity contribution in [3.63, 3.8) is 0 Å². The van der Waals surface area contributed by atoms with Gasteiger partial charge in [0.05, 0.1) is 0 Å². The molecule has 1 amide bonds. The molecule has 1 saturated heterocycles. The van der Waals surface area contributed by atoms with E-state index in [2.05, 4.69) is 10.6 Å². The molecular weight excluding hydrogens is 326 g/mol. The monoisotopic (exact) mass is 346 g/mol. The summed E-state index contributed by atoms with van der Waals surface area (Å²) < 4.78 is 49.5. The van der Waals surface area contributed by atoms with Crippen molar-refractivity contribution < 1.29 is 22.0 Å². The van der Waals surface area contributed by atoms with E-state index in [1.807, 2.05) is 0 Å². The molecule has 2 N–H and O–H groups in total. The molecule has 2 unspecified atom stereocenters. The third-order valence-electron chi connectivity index (χ3n) is 3.99. The average molecular weight is 346 g/mol. The van der Waals surface area contributed by atoms with Crippen LogP contribution in [-0.4, -0.2) is 45.0 Å². The van der Waals surface area contributed by atoms with Crippen LogP contribution in [-0.2, 0) is 14.6 Å². The lowest BCUT2D eigenvalue weighted by atomic mass is 9.86. The van der Waals surface area contributed by atoms with Gasteiger partial charge < -0.3 is 10.6 Å². The smallest absolute Gasteiger partial charge is 0.235 e. The highest BCUT2D eigenvalue weighted by Gasteiger charge is 2.29. The number of hydrogen-bond acceptors (Lipinski definition) is 4. The quantitative estimate of drug-likeness (QED) is 0.833. The lowest BCUT2D eigenvalue weighted by Crippen LogP contribution is -2.51. The first kappa shape index (κ1) is 17.8. The van der Waals surface area contributed by atoms with Crippen LogP contribution >= 0.6 is 0 Å². The maximum atomic E-state index is 13.4. The van der Waals surface area contributed by atoms with Crippen LogP contribution in [0, 0.1) is 11.6 Å². The van der Waals surface area contributed by atoms with Crippen molar-refractivity contribution >= 4 is 15.7 Å². The highest BCUT2D eigenvalue weighted by molar-refractivity contribution is 7.92. The minimum absolute atomic E-state index is 0.101. The van der Waals surface area contributed by atoms with Gasteiger partial charge in [-0.25, -0.2) is 17.2 Å². The zero-order valence-electron chi connectivity index (χ0n) is 12.8. The fraction of sp³-hybridized carbons (Fsp3) is 0.533. The van der Waals surface area contributed by atoms with Crippen LogP contribution in [0.25, 0.3) is 0 Å². The number of halogens is 2. The van der Waals surface area contributed by atoms with Crippen molar-refractivity contribution in [3.05, 3.63) is 35.4 Å². The Morgan fingerprint density at radius 3 is 2.74 bits per heavy atom. The van der Waals surface area contributed by atoms with Crippen LogP contribution in [0.5, 0.6) is 0 Å². The molecule has 0 bridgehead atoms. The molecule has 128 valence electrons. The van der Waals surface area contributed by atoms with Crippen molar-refractivity contribution in [3.8, 4) is 0 Å². The first-order valence-corrected chi connectivity index (χ1v) is 9.30. The maximum absolute atomic E-state index is 13.4. The molecule has 8 heteroatoms. The van der Waals surface area contributed by atoms with Gasteiger partial charge in [0, 0.05) is 24.3 Å². The van der Waals surface area contributed by atoms with Gasteiger partial charge in [0.15, 0.2) is 21.5 Å². The number of hydrogen-bond donors (Lipinski definition) is 2. The summed E-state index contributed by atoms with van der Waals surface area (Å²) in [5.41, 5.74) is 0.592. The van der Waals surface area contributed by atoms with Crippen LogP contribution in [0.1, 0.15) is 24.8 Å². The van der Waals surface area contributed by atoms with E-state index in [1.165, 1.54) is 13.0 Å². The van der Waals surface area contributed by atoms with Crippen molar-refractivity contribution in [1.82, 2.24) is 10.6 Å². The lowest BCUT2D eigenvalue weighted by Gasteiger charge is -2.33. The highest BCUT2D eigenvalue weighted by atomic mass is 32.2.